The van der Waals surface area contributed by atoms with E-state index in [0.29, 0.717) is 30.1 Å². The molecule has 0 aromatic heterocycles. The molecule has 2 atom stereocenters. The number of halogens is 1. The summed E-state index contributed by atoms with van der Waals surface area (Å²) >= 11 is 6.05. The first-order valence-corrected chi connectivity index (χ1v) is 9.63. The Kier molecular flexibility index (Phi) is 6.93. The molecule has 1 aliphatic heterocycles. The van der Waals surface area contributed by atoms with Gasteiger partial charge in [0.05, 0.1) is 0 Å². The lowest BCUT2D eigenvalue weighted by molar-refractivity contribution is -0.157. The Bertz CT molecular complexity index is 759. The first-order chi connectivity index (χ1) is 13.0. The number of nitrogens with zero attached hydrogens (tertiary/aromatic N) is 1. The average molecular weight is 411 g/mol. The second-order valence-electron chi connectivity index (χ2n) is 7.81. The van der Waals surface area contributed by atoms with Crippen LogP contribution in [0.5, 0.6) is 0 Å². The van der Waals surface area contributed by atoms with Crippen LogP contribution in [0.4, 0.5) is 10.5 Å². The second kappa shape index (κ2) is 8.82. The Labute approximate surface area is 170 Å². The Morgan fingerprint density at radius 3 is 2.61 bits per heavy atom. The van der Waals surface area contributed by atoms with Gasteiger partial charge in [0.2, 0.25) is 0 Å². The minimum absolute atomic E-state index is 0.414. The van der Waals surface area contributed by atoms with Crippen molar-refractivity contribution < 1.29 is 23.9 Å². The van der Waals surface area contributed by atoms with Crippen molar-refractivity contribution >= 4 is 35.3 Å². The lowest BCUT2D eigenvalue weighted by atomic mass is 10.2. The van der Waals surface area contributed by atoms with Gasteiger partial charge in [0.25, 0.3) is 5.91 Å². The zero-order valence-corrected chi connectivity index (χ0v) is 17.6. The predicted octanol–water partition coefficient (Wildman–Crippen LogP) is 3.92. The van der Waals surface area contributed by atoms with E-state index in [2.05, 4.69) is 5.32 Å². The van der Waals surface area contributed by atoms with Crippen LogP contribution in [0.1, 0.15) is 46.1 Å². The number of rotatable bonds is 4. The van der Waals surface area contributed by atoms with Gasteiger partial charge in [0.15, 0.2) is 6.10 Å². The molecule has 0 unspecified atom stereocenters. The van der Waals surface area contributed by atoms with Crippen LogP contribution in [0.25, 0.3) is 0 Å². The second-order valence-corrected chi connectivity index (χ2v) is 8.22. The molecule has 28 heavy (non-hydrogen) atoms. The average Bonchev–Trinajstić information content (AvgIpc) is 3.07. The molecule has 0 radical (unpaired) electrons. The molecule has 0 bridgehead atoms. The molecular formula is C20H27ClN2O5. The molecule has 2 rings (SSSR count). The van der Waals surface area contributed by atoms with Crippen molar-refractivity contribution in [3.05, 3.63) is 28.8 Å². The molecule has 1 fully saturated rings. The van der Waals surface area contributed by atoms with Crippen LogP contribution in [0.2, 0.25) is 5.02 Å². The number of ether oxygens (including phenoxy) is 2. The molecule has 1 aliphatic rings. The lowest BCUT2D eigenvalue weighted by Crippen LogP contribution is -2.45. The summed E-state index contributed by atoms with van der Waals surface area (Å²) in [6, 6.07) is 4.41. The molecule has 0 saturated carbocycles. The molecular weight excluding hydrogens is 384 g/mol. The number of likely N-dealkylation sites (tertiary alicyclic amines) is 1. The summed E-state index contributed by atoms with van der Waals surface area (Å²) in [6.07, 6.45) is -0.438. The normalized spacial score (nSPS) is 17.8. The highest BCUT2D eigenvalue weighted by molar-refractivity contribution is 6.31. The van der Waals surface area contributed by atoms with Crippen LogP contribution in [0, 0.1) is 6.92 Å². The number of benzene rings is 1. The van der Waals surface area contributed by atoms with Crippen molar-refractivity contribution in [3.63, 3.8) is 0 Å². The highest BCUT2D eigenvalue weighted by Crippen LogP contribution is 2.24. The Morgan fingerprint density at radius 1 is 1.29 bits per heavy atom. The number of nitrogens with one attached hydrogen (secondary N) is 1. The number of carbonyl (C=O) groups is 3. The number of hydrogen-bond acceptors (Lipinski definition) is 5. The molecule has 1 heterocycles. The van der Waals surface area contributed by atoms with Crippen molar-refractivity contribution in [1.82, 2.24) is 4.90 Å². The summed E-state index contributed by atoms with van der Waals surface area (Å²) in [5.74, 6) is -1.09. The number of anilines is 1. The van der Waals surface area contributed by atoms with Gasteiger partial charge in [-0.25, -0.2) is 9.59 Å². The van der Waals surface area contributed by atoms with E-state index < -0.39 is 35.7 Å². The molecule has 1 aromatic rings. The van der Waals surface area contributed by atoms with E-state index in [0.717, 1.165) is 5.56 Å². The van der Waals surface area contributed by atoms with Gasteiger partial charge in [-0.1, -0.05) is 17.7 Å². The maximum Gasteiger partial charge on any atom is 0.411 e. The molecule has 1 saturated heterocycles. The van der Waals surface area contributed by atoms with E-state index in [1.54, 1.807) is 45.9 Å². The zero-order chi connectivity index (χ0) is 21.1. The number of esters is 1. The van der Waals surface area contributed by atoms with Crippen LogP contribution in [0.15, 0.2) is 18.2 Å². The number of carbonyl (C=O) groups excluding carboxylic acids is 3. The molecule has 0 spiro atoms. The Hall–Kier alpha value is -2.28. The van der Waals surface area contributed by atoms with Crippen LogP contribution in [0.3, 0.4) is 0 Å². The van der Waals surface area contributed by atoms with E-state index in [4.69, 9.17) is 21.1 Å². The smallest absolute Gasteiger partial charge is 0.411 e. The van der Waals surface area contributed by atoms with Gasteiger partial charge in [0.1, 0.15) is 11.6 Å². The zero-order valence-electron chi connectivity index (χ0n) is 16.9. The molecule has 8 heteroatoms. The third kappa shape index (κ3) is 5.61. The fourth-order valence-electron chi connectivity index (χ4n) is 2.83. The third-order valence-corrected chi connectivity index (χ3v) is 4.75. The summed E-state index contributed by atoms with van der Waals surface area (Å²) in [5, 5.41) is 3.24. The van der Waals surface area contributed by atoms with Crippen molar-refractivity contribution in [2.75, 3.05) is 11.9 Å². The first-order valence-electron chi connectivity index (χ1n) is 9.25. The Morgan fingerprint density at radius 2 is 1.96 bits per heavy atom. The molecule has 2 amide bonds. The summed E-state index contributed by atoms with van der Waals surface area (Å²) in [6.45, 7) is 8.97. The Balaban J connectivity index is 1.97. The van der Waals surface area contributed by atoms with Crippen LogP contribution >= 0.6 is 11.6 Å². The highest BCUT2D eigenvalue weighted by Gasteiger charge is 2.38. The van der Waals surface area contributed by atoms with E-state index in [1.165, 1.54) is 11.8 Å². The minimum Gasteiger partial charge on any atom is -0.451 e. The summed E-state index contributed by atoms with van der Waals surface area (Å²) in [7, 11) is 0. The topological polar surface area (TPSA) is 84.9 Å². The van der Waals surface area contributed by atoms with Gasteiger partial charge in [-0.2, -0.15) is 0 Å². The molecule has 7 nitrogen and oxygen atoms in total. The first kappa shape index (κ1) is 22.0. The largest absolute Gasteiger partial charge is 0.451 e. The molecule has 1 N–H and O–H groups in total. The number of hydrogen-bond donors (Lipinski definition) is 1. The van der Waals surface area contributed by atoms with Crippen molar-refractivity contribution in [2.45, 2.75) is 65.2 Å². The van der Waals surface area contributed by atoms with Gasteiger partial charge in [-0.3, -0.25) is 9.69 Å². The van der Waals surface area contributed by atoms with Gasteiger partial charge in [-0.05, 0) is 65.2 Å². The number of amides is 2. The van der Waals surface area contributed by atoms with Crippen LogP contribution in [-0.2, 0) is 19.1 Å². The van der Waals surface area contributed by atoms with Gasteiger partial charge in [-0.15, -0.1) is 0 Å². The van der Waals surface area contributed by atoms with E-state index in [9.17, 15) is 14.4 Å². The van der Waals surface area contributed by atoms with Crippen molar-refractivity contribution in [3.8, 4) is 0 Å². The molecule has 154 valence electrons. The van der Waals surface area contributed by atoms with Crippen molar-refractivity contribution in [2.24, 2.45) is 0 Å². The fraction of sp³-hybridized carbons (Fsp3) is 0.550. The quantitative estimate of drug-likeness (QED) is 0.760. The van der Waals surface area contributed by atoms with E-state index in [-0.39, 0.29) is 0 Å². The maximum atomic E-state index is 12.5. The summed E-state index contributed by atoms with van der Waals surface area (Å²) < 4.78 is 10.7. The summed E-state index contributed by atoms with van der Waals surface area (Å²) in [5.41, 5.74) is 0.621. The predicted molar refractivity (Wildman–Crippen MR) is 106 cm³/mol. The fourth-order valence-corrected chi connectivity index (χ4v) is 3.01. The molecule has 1 aromatic carbocycles. The van der Waals surface area contributed by atoms with Crippen LogP contribution < -0.4 is 5.32 Å². The van der Waals surface area contributed by atoms with E-state index >= 15 is 0 Å². The third-order valence-electron chi connectivity index (χ3n) is 4.34. The van der Waals surface area contributed by atoms with Crippen molar-refractivity contribution in [1.29, 1.82) is 0 Å². The van der Waals surface area contributed by atoms with Gasteiger partial charge in [0, 0.05) is 17.3 Å². The SMILES string of the molecule is Cc1c(Cl)cccc1NC(=O)[C@@H](C)OC(=O)[C@@H]1CCCN1C(=O)OC(C)(C)C. The van der Waals surface area contributed by atoms with Crippen LogP contribution in [-0.4, -0.2) is 47.2 Å². The summed E-state index contributed by atoms with van der Waals surface area (Å²) in [4.78, 5) is 38.6. The lowest BCUT2D eigenvalue weighted by Gasteiger charge is -2.28. The standard InChI is InChI=1S/C20H27ClN2O5/c1-12-14(21)8-6-9-15(12)22-17(24)13(2)27-18(25)16-10-7-11-23(16)19(26)28-20(3,4)5/h6,8-9,13,16H,7,10-11H2,1-5H3,(H,22,24)/t13-,16+/m1/s1. The van der Waals surface area contributed by atoms with Gasteiger partial charge < -0.3 is 14.8 Å². The van der Waals surface area contributed by atoms with E-state index in [1.807, 2.05) is 0 Å². The maximum absolute atomic E-state index is 12.5. The van der Waals surface area contributed by atoms with Gasteiger partial charge >= 0.3 is 12.1 Å². The highest BCUT2D eigenvalue weighted by atomic mass is 35.5. The minimum atomic E-state index is -1.02. The molecule has 0 aliphatic carbocycles. The monoisotopic (exact) mass is 410 g/mol.